The summed E-state index contributed by atoms with van der Waals surface area (Å²) in [6.07, 6.45) is 1.70. The minimum absolute atomic E-state index is 0.138. The number of aromatic nitrogens is 1. The number of aliphatic imine (C=N–C) groups is 1. The van der Waals surface area contributed by atoms with Crippen LogP contribution in [0.3, 0.4) is 0 Å². The molecule has 0 aliphatic rings. The minimum atomic E-state index is -2.87. The van der Waals surface area contributed by atoms with Gasteiger partial charge in [0.1, 0.15) is 12.4 Å². The summed E-state index contributed by atoms with van der Waals surface area (Å²) in [7, 11) is 1.61. The quantitative estimate of drug-likeness (QED) is 0.338. The zero-order valence-electron chi connectivity index (χ0n) is 16.5. The van der Waals surface area contributed by atoms with Gasteiger partial charge in [0, 0.05) is 38.0 Å². The van der Waals surface area contributed by atoms with E-state index in [0.717, 1.165) is 5.56 Å². The third kappa shape index (κ3) is 8.30. The molecule has 0 aliphatic heterocycles. The zero-order valence-corrected chi connectivity index (χ0v) is 16.5. The second kappa shape index (κ2) is 12.5. The molecule has 0 saturated heterocycles. The van der Waals surface area contributed by atoms with Crippen LogP contribution in [0.1, 0.15) is 18.1 Å². The van der Waals surface area contributed by atoms with E-state index in [-0.39, 0.29) is 5.75 Å². The van der Waals surface area contributed by atoms with Crippen molar-refractivity contribution in [3.05, 3.63) is 53.7 Å². The molecule has 0 radical (unpaired) electrons. The Hall–Kier alpha value is -2.94. The van der Waals surface area contributed by atoms with Gasteiger partial charge in [0.25, 0.3) is 0 Å². The molecule has 9 heteroatoms. The number of methoxy groups -OCH3 is 1. The van der Waals surface area contributed by atoms with Gasteiger partial charge in [0.2, 0.25) is 5.88 Å². The fourth-order valence-corrected chi connectivity index (χ4v) is 2.37. The molecule has 0 amide bonds. The van der Waals surface area contributed by atoms with Gasteiger partial charge < -0.3 is 24.8 Å². The second-order valence-electron chi connectivity index (χ2n) is 5.88. The fraction of sp³-hybridized carbons (Fsp3) is 0.400. The van der Waals surface area contributed by atoms with Gasteiger partial charge in [0.05, 0.1) is 13.2 Å². The smallest absolute Gasteiger partial charge is 0.387 e. The highest BCUT2D eigenvalue weighted by atomic mass is 19.3. The first-order valence-corrected chi connectivity index (χ1v) is 9.24. The van der Waals surface area contributed by atoms with Gasteiger partial charge in [-0.1, -0.05) is 24.3 Å². The molecule has 0 unspecified atom stereocenters. The van der Waals surface area contributed by atoms with Crippen LogP contribution in [0.25, 0.3) is 0 Å². The first kappa shape index (κ1) is 22.4. The molecule has 0 spiro atoms. The molecule has 2 N–H and O–H groups in total. The van der Waals surface area contributed by atoms with Gasteiger partial charge in [-0.2, -0.15) is 8.78 Å². The molecule has 0 aliphatic carbocycles. The summed E-state index contributed by atoms with van der Waals surface area (Å²) in [5.41, 5.74) is 1.51. The van der Waals surface area contributed by atoms with Crippen molar-refractivity contribution in [1.82, 2.24) is 15.6 Å². The van der Waals surface area contributed by atoms with Gasteiger partial charge in [-0.15, -0.1) is 0 Å². The molecular formula is C20H26F2N4O3. The maximum atomic E-state index is 12.5. The average Bonchev–Trinajstić information content (AvgIpc) is 2.72. The number of nitrogens with one attached hydrogen (secondary N) is 2. The SMILES string of the molecule is CCNC(=NCc1ccc(OCCOC)nc1)NCc1ccccc1OC(F)F. The highest BCUT2D eigenvalue weighted by Crippen LogP contribution is 2.19. The van der Waals surface area contributed by atoms with Crippen LogP contribution < -0.4 is 20.1 Å². The van der Waals surface area contributed by atoms with Crippen molar-refractivity contribution in [2.45, 2.75) is 26.6 Å². The Kier molecular flexibility index (Phi) is 9.64. The Balaban J connectivity index is 1.94. The maximum Gasteiger partial charge on any atom is 0.387 e. The Labute approximate surface area is 169 Å². The molecule has 1 heterocycles. The molecule has 29 heavy (non-hydrogen) atoms. The fourth-order valence-electron chi connectivity index (χ4n) is 2.37. The highest BCUT2D eigenvalue weighted by Gasteiger charge is 2.09. The van der Waals surface area contributed by atoms with Crippen molar-refractivity contribution in [3.63, 3.8) is 0 Å². The highest BCUT2D eigenvalue weighted by molar-refractivity contribution is 5.79. The summed E-state index contributed by atoms with van der Waals surface area (Å²) < 4.78 is 40.0. The number of para-hydroxylation sites is 1. The molecular weight excluding hydrogens is 382 g/mol. The number of guanidine groups is 1. The van der Waals surface area contributed by atoms with Crippen LogP contribution in [0.5, 0.6) is 11.6 Å². The molecule has 2 aromatic rings. The number of rotatable bonds is 11. The summed E-state index contributed by atoms with van der Waals surface area (Å²) in [6, 6.07) is 10.3. The number of ether oxygens (including phenoxy) is 3. The van der Waals surface area contributed by atoms with Crippen LogP contribution in [0.15, 0.2) is 47.6 Å². The molecule has 158 valence electrons. The van der Waals surface area contributed by atoms with Crippen LogP contribution in [0.2, 0.25) is 0 Å². The van der Waals surface area contributed by atoms with E-state index in [1.54, 1.807) is 37.6 Å². The molecule has 1 aromatic carbocycles. The number of alkyl halides is 2. The minimum Gasteiger partial charge on any atom is -0.475 e. The number of pyridine rings is 1. The van der Waals surface area contributed by atoms with Crippen molar-refractivity contribution < 1.29 is 23.0 Å². The average molecular weight is 408 g/mol. The maximum absolute atomic E-state index is 12.5. The Morgan fingerprint density at radius 3 is 2.66 bits per heavy atom. The van der Waals surface area contributed by atoms with Crippen LogP contribution in [-0.2, 0) is 17.8 Å². The van der Waals surface area contributed by atoms with Crippen molar-refractivity contribution >= 4 is 5.96 Å². The van der Waals surface area contributed by atoms with E-state index in [1.807, 2.05) is 13.0 Å². The third-order valence-corrected chi connectivity index (χ3v) is 3.73. The zero-order chi connectivity index (χ0) is 20.9. The number of hydrogen-bond acceptors (Lipinski definition) is 5. The molecule has 2 rings (SSSR count). The molecule has 0 fully saturated rings. The van der Waals surface area contributed by atoms with Crippen molar-refractivity contribution in [3.8, 4) is 11.6 Å². The monoisotopic (exact) mass is 408 g/mol. The summed E-state index contributed by atoms with van der Waals surface area (Å²) in [6.45, 7) is 1.36. The van der Waals surface area contributed by atoms with Crippen molar-refractivity contribution in [1.29, 1.82) is 0 Å². The lowest BCUT2D eigenvalue weighted by Crippen LogP contribution is -2.36. The van der Waals surface area contributed by atoms with Gasteiger partial charge in [0.15, 0.2) is 5.96 Å². The number of halogens is 2. The second-order valence-corrected chi connectivity index (χ2v) is 5.88. The van der Waals surface area contributed by atoms with E-state index in [1.165, 1.54) is 6.07 Å². The number of hydrogen-bond donors (Lipinski definition) is 2. The topological polar surface area (TPSA) is 77.0 Å². The van der Waals surface area contributed by atoms with E-state index in [2.05, 4.69) is 25.3 Å². The van der Waals surface area contributed by atoms with Gasteiger partial charge in [-0.3, -0.25) is 0 Å². The first-order valence-electron chi connectivity index (χ1n) is 9.24. The Bertz CT molecular complexity index is 758. The third-order valence-electron chi connectivity index (χ3n) is 3.73. The molecule has 0 bridgehead atoms. The molecule has 0 atom stereocenters. The largest absolute Gasteiger partial charge is 0.475 e. The van der Waals surface area contributed by atoms with Crippen molar-refractivity contribution in [2.75, 3.05) is 26.9 Å². The normalized spacial score (nSPS) is 11.4. The predicted molar refractivity (Wildman–Crippen MR) is 106 cm³/mol. The van der Waals surface area contributed by atoms with E-state index >= 15 is 0 Å². The standard InChI is InChI=1S/C20H26F2N4O3/c1-3-23-20(26-14-16-6-4-5-7-17(16)29-19(21)22)25-13-15-8-9-18(24-12-15)28-11-10-27-2/h4-9,12,19H,3,10-11,13-14H2,1-2H3,(H2,23,25,26). The molecule has 0 saturated carbocycles. The molecule has 1 aromatic heterocycles. The number of nitrogens with zero attached hydrogens (tertiary/aromatic N) is 2. The number of benzene rings is 1. The Morgan fingerprint density at radius 2 is 1.97 bits per heavy atom. The van der Waals surface area contributed by atoms with E-state index in [9.17, 15) is 8.78 Å². The van der Waals surface area contributed by atoms with Crippen LogP contribution >= 0.6 is 0 Å². The van der Waals surface area contributed by atoms with Crippen molar-refractivity contribution in [2.24, 2.45) is 4.99 Å². The summed E-state index contributed by atoms with van der Waals surface area (Å²) in [5, 5.41) is 6.24. The summed E-state index contributed by atoms with van der Waals surface area (Å²) >= 11 is 0. The van der Waals surface area contributed by atoms with Crippen LogP contribution in [0.4, 0.5) is 8.78 Å². The molecule has 7 nitrogen and oxygen atoms in total. The van der Waals surface area contributed by atoms with E-state index in [0.29, 0.717) is 50.3 Å². The summed E-state index contributed by atoms with van der Waals surface area (Å²) in [5.74, 6) is 1.22. The summed E-state index contributed by atoms with van der Waals surface area (Å²) in [4.78, 5) is 8.73. The lowest BCUT2D eigenvalue weighted by atomic mass is 10.2. The predicted octanol–water partition coefficient (Wildman–Crippen LogP) is 2.96. The first-order chi connectivity index (χ1) is 14.1. The van der Waals surface area contributed by atoms with Gasteiger partial charge in [-0.05, 0) is 18.6 Å². The van der Waals surface area contributed by atoms with Crippen LogP contribution in [0, 0.1) is 0 Å². The van der Waals surface area contributed by atoms with Gasteiger partial charge in [-0.25, -0.2) is 9.98 Å². The van der Waals surface area contributed by atoms with Crippen LogP contribution in [-0.4, -0.2) is 44.4 Å². The van der Waals surface area contributed by atoms with E-state index in [4.69, 9.17) is 9.47 Å². The van der Waals surface area contributed by atoms with E-state index < -0.39 is 6.61 Å². The lowest BCUT2D eigenvalue weighted by Gasteiger charge is -2.14. The Morgan fingerprint density at radius 1 is 1.14 bits per heavy atom. The lowest BCUT2D eigenvalue weighted by molar-refractivity contribution is -0.0504. The van der Waals surface area contributed by atoms with Gasteiger partial charge >= 0.3 is 6.61 Å².